The van der Waals surface area contributed by atoms with Crippen molar-refractivity contribution in [2.24, 2.45) is 0 Å². The molecule has 1 atom stereocenters. The van der Waals surface area contributed by atoms with E-state index in [2.05, 4.69) is 10.1 Å². The Morgan fingerprint density at radius 1 is 1.60 bits per heavy atom. The number of ether oxygens (including phenoxy) is 1. The third-order valence-corrected chi connectivity index (χ3v) is 2.10. The number of imide groups is 1. The van der Waals surface area contributed by atoms with Crippen molar-refractivity contribution in [3.8, 4) is 0 Å². The van der Waals surface area contributed by atoms with Crippen molar-refractivity contribution in [1.29, 1.82) is 0 Å². The van der Waals surface area contributed by atoms with Crippen LogP contribution in [-0.4, -0.2) is 42.9 Å². The zero-order valence-corrected chi connectivity index (χ0v) is 8.52. The number of amides is 2. The lowest BCUT2D eigenvalue weighted by Crippen LogP contribution is -2.34. The molecule has 0 spiro atoms. The zero-order chi connectivity index (χ0) is 11.4. The molecule has 0 radical (unpaired) electrons. The summed E-state index contributed by atoms with van der Waals surface area (Å²) >= 11 is 0. The van der Waals surface area contributed by atoms with Gasteiger partial charge in [-0.1, -0.05) is 0 Å². The van der Waals surface area contributed by atoms with Gasteiger partial charge >= 0.3 is 5.97 Å². The molecule has 0 aromatic carbocycles. The number of nitrogens with zero attached hydrogens (tertiary/aromatic N) is 1. The number of likely N-dealkylation sites (N-methyl/N-ethyl adjacent to an activating group) is 1. The average Bonchev–Trinajstić information content (AvgIpc) is 2.46. The highest BCUT2D eigenvalue weighted by Crippen LogP contribution is 2.09. The van der Waals surface area contributed by atoms with Gasteiger partial charge < -0.3 is 10.1 Å². The fourth-order valence-corrected chi connectivity index (χ4v) is 1.19. The van der Waals surface area contributed by atoms with Gasteiger partial charge in [-0.3, -0.25) is 14.5 Å². The van der Waals surface area contributed by atoms with E-state index in [1.54, 1.807) is 0 Å². The summed E-state index contributed by atoms with van der Waals surface area (Å²) in [6, 6.07) is -0.580. The van der Waals surface area contributed by atoms with E-state index in [1.165, 1.54) is 20.4 Å². The number of esters is 1. The molecule has 0 bridgehead atoms. The van der Waals surface area contributed by atoms with Crippen LogP contribution < -0.4 is 5.32 Å². The SMILES string of the molecule is COC(=O)/C=C/NC1CC(=O)N(C)C1=O. The summed E-state index contributed by atoms with van der Waals surface area (Å²) in [5, 5.41) is 2.66. The summed E-state index contributed by atoms with van der Waals surface area (Å²) in [6.07, 6.45) is 2.57. The molecular formula is C9H12N2O4. The van der Waals surface area contributed by atoms with Crippen molar-refractivity contribution in [3.63, 3.8) is 0 Å². The van der Waals surface area contributed by atoms with Crippen molar-refractivity contribution >= 4 is 17.8 Å². The Morgan fingerprint density at radius 3 is 2.73 bits per heavy atom. The molecule has 1 rings (SSSR count). The van der Waals surface area contributed by atoms with Crippen molar-refractivity contribution < 1.29 is 19.1 Å². The molecule has 1 unspecified atom stereocenters. The first kappa shape index (κ1) is 11.2. The lowest BCUT2D eigenvalue weighted by molar-refractivity contribution is -0.137. The Labute approximate surface area is 86.9 Å². The molecule has 0 aromatic rings. The first-order valence-electron chi connectivity index (χ1n) is 4.37. The standard InChI is InChI=1S/C9H12N2O4/c1-11-7(12)5-6(9(11)14)10-4-3-8(13)15-2/h3-4,6,10H,5H2,1-2H3/b4-3+. The summed E-state index contributed by atoms with van der Waals surface area (Å²) in [6.45, 7) is 0. The number of nitrogens with one attached hydrogen (secondary N) is 1. The van der Waals surface area contributed by atoms with Gasteiger partial charge in [-0.15, -0.1) is 0 Å². The van der Waals surface area contributed by atoms with Crippen LogP contribution in [0.4, 0.5) is 0 Å². The summed E-state index contributed by atoms with van der Waals surface area (Å²) in [7, 11) is 2.68. The van der Waals surface area contributed by atoms with Crippen molar-refractivity contribution in [3.05, 3.63) is 12.3 Å². The van der Waals surface area contributed by atoms with Crippen molar-refractivity contribution in [1.82, 2.24) is 10.2 Å². The zero-order valence-electron chi connectivity index (χ0n) is 8.52. The topological polar surface area (TPSA) is 75.7 Å². The van der Waals surface area contributed by atoms with E-state index < -0.39 is 12.0 Å². The van der Waals surface area contributed by atoms with Gasteiger partial charge in [-0.05, 0) is 0 Å². The second-order valence-electron chi connectivity index (χ2n) is 3.07. The third-order valence-electron chi connectivity index (χ3n) is 2.10. The minimum atomic E-state index is -0.580. The van der Waals surface area contributed by atoms with Gasteiger partial charge in [0.1, 0.15) is 6.04 Å². The van der Waals surface area contributed by atoms with Gasteiger partial charge in [0, 0.05) is 19.3 Å². The molecule has 1 aliphatic heterocycles. The summed E-state index contributed by atoms with van der Waals surface area (Å²) < 4.78 is 4.36. The predicted octanol–water partition coefficient (Wildman–Crippen LogP) is -0.980. The number of likely N-dealkylation sites (tertiary alicyclic amines) is 1. The quantitative estimate of drug-likeness (QED) is 0.369. The number of rotatable bonds is 3. The van der Waals surface area contributed by atoms with Crippen LogP contribution in [0.5, 0.6) is 0 Å². The summed E-state index contributed by atoms with van der Waals surface area (Å²) in [5.74, 6) is -1.05. The van der Waals surface area contributed by atoms with E-state index in [4.69, 9.17) is 0 Å². The summed E-state index contributed by atoms with van der Waals surface area (Å²) in [5.41, 5.74) is 0. The summed E-state index contributed by atoms with van der Waals surface area (Å²) in [4.78, 5) is 34.2. The van der Waals surface area contributed by atoms with Gasteiger partial charge in [0.25, 0.3) is 5.91 Å². The van der Waals surface area contributed by atoms with E-state index in [0.29, 0.717) is 0 Å². The van der Waals surface area contributed by atoms with Crippen LogP contribution >= 0.6 is 0 Å². The molecule has 1 fully saturated rings. The largest absolute Gasteiger partial charge is 0.466 e. The van der Waals surface area contributed by atoms with Gasteiger partial charge in [0.05, 0.1) is 13.5 Å². The molecule has 1 saturated heterocycles. The Balaban J connectivity index is 2.48. The van der Waals surface area contributed by atoms with Crippen LogP contribution in [0.2, 0.25) is 0 Å². The Bertz CT molecular complexity index is 324. The van der Waals surface area contributed by atoms with Crippen LogP contribution in [0.3, 0.4) is 0 Å². The molecule has 15 heavy (non-hydrogen) atoms. The fourth-order valence-electron chi connectivity index (χ4n) is 1.19. The number of methoxy groups -OCH3 is 1. The van der Waals surface area contributed by atoms with Gasteiger partial charge in [0.2, 0.25) is 5.91 Å². The van der Waals surface area contributed by atoms with Crippen LogP contribution in [-0.2, 0) is 19.1 Å². The van der Waals surface area contributed by atoms with E-state index in [9.17, 15) is 14.4 Å². The highest BCUT2D eigenvalue weighted by molar-refractivity contribution is 6.05. The molecular weight excluding hydrogens is 200 g/mol. The maximum absolute atomic E-state index is 11.4. The highest BCUT2D eigenvalue weighted by atomic mass is 16.5. The van der Waals surface area contributed by atoms with Gasteiger partial charge in [-0.25, -0.2) is 4.79 Å². The molecule has 0 aromatic heterocycles. The van der Waals surface area contributed by atoms with Crippen molar-refractivity contribution in [2.45, 2.75) is 12.5 Å². The molecule has 6 heteroatoms. The fraction of sp³-hybridized carbons (Fsp3) is 0.444. The normalized spacial score (nSPS) is 21.2. The Kier molecular flexibility index (Phi) is 3.43. The lowest BCUT2D eigenvalue weighted by atomic mass is 10.2. The highest BCUT2D eigenvalue weighted by Gasteiger charge is 2.35. The van der Waals surface area contributed by atoms with E-state index >= 15 is 0 Å². The van der Waals surface area contributed by atoms with Crippen LogP contribution in [0.15, 0.2) is 12.3 Å². The molecule has 0 saturated carbocycles. The van der Waals surface area contributed by atoms with Gasteiger partial charge in [-0.2, -0.15) is 0 Å². The molecule has 6 nitrogen and oxygen atoms in total. The molecule has 82 valence electrons. The van der Waals surface area contributed by atoms with E-state index in [1.807, 2.05) is 0 Å². The number of carbonyl (C=O) groups excluding carboxylic acids is 3. The average molecular weight is 212 g/mol. The number of carbonyl (C=O) groups is 3. The number of hydrogen-bond donors (Lipinski definition) is 1. The van der Waals surface area contributed by atoms with Gasteiger partial charge in [0.15, 0.2) is 0 Å². The van der Waals surface area contributed by atoms with Crippen LogP contribution in [0.25, 0.3) is 0 Å². The molecule has 0 aliphatic carbocycles. The van der Waals surface area contributed by atoms with Crippen LogP contribution in [0.1, 0.15) is 6.42 Å². The minimum Gasteiger partial charge on any atom is -0.466 e. The molecule has 1 aliphatic rings. The predicted molar refractivity (Wildman–Crippen MR) is 50.5 cm³/mol. The van der Waals surface area contributed by atoms with E-state index in [0.717, 1.165) is 11.0 Å². The molecule has 1 N–H and O–H groups in total. The third kappa shape index (κ3) is 2.55. The molecule has 1 heterocycles. The first-order chi connectivity index (χ1) is 7.06. The lowest BCUT2D eigenvalue weighted by Gasteiger charge is -2.07. The molecule has 2 amide bonds. The maximum atomic E-state index is 11.4. The second kappa shape index (κ2) is 4.59. The van der Waals surface area contributed by atoms with Crippen molar-refractivity contribution in [2.75, 3.05) is 14.2 Å². The first-order valence-corrected chi connectivity index (χ1v) is 4.37. The van der Waals surface area contributed by atoms with Crippen LogP contribution in [0, 0.1) is 0 Å². The monoisotopic (exact) mass is 212 g/mol. The minimum absolute atomic E-state index is 0.112. The van der Waals surface area contributed by atoms with E-state index in [-0.39, 0.29) is 18.2 Å². The second-order valence-corrected chi connectivity index (χ2v) is 3.07. The Hall–Kier alpha value is -1.85. The smallest absolute Gasteiger partial charge is 0.331 e. The maximum Gasteiger partial charge on any atom is 0.331 e. The Morgan fingerprint density at radius 2 is 2.27 bits per heavy atom. The number of hydrogen-bond acceptors (Lipinski definition) is 5.